The number of hydrogen-bond donors (Lipinski definition) is 2. The molecule has 1 aliphatic heterocycles. The molecule has 0 aromatic carbocycles. The highest BCUT2D eigenvalue weighted by atomic mass is 16.3. The Morgan fingerprint density at radius 3 is 2.48 bits per heavy atom. The molecule has 3 N–H and O–H groups in total. The predicted octanol–water partition coefficient (Wildman–Crippen LogP) is 0.530. The van der Waals surface area contributed by atoms with Crippen LogP contribution >= 0.6 is 0 Å². The van der Waals surface area contributed by atoms with Gasteiger partial charge in [0, 0.05) is 13.0 Å². The monoisotopic (exact) mass is 350 g/mol. The van der Waals surface area contributed by atoms with Crippen LogP contribution in [0, 0.1) is 16.7 Å². The van der Waals surface area contributed by atoms with E-state index >= 15 is 0 Å². The van der Waals surface area contributed by atoms with Crippen LogP contribution in [0.4, 0.5) is 0 Å². The summed E-state index contributed by atoms with van der Waals surface area (Å²) in [4.78, 5) is 37.4. The molecule has 2 unspecified atom stereocenters. The minimum Gasteiger partial charge on any atom is -0.390 e. The van der Waals surface area contributed by atoms with E-state index < -0.39 is 23.1 Å². The van der Waals surface area contributed by atoms with Crippen LogP contribution in [-0.2, 0) is 9.59 Å². The van der Waals surface area contributed by atoms with Crippen LogP contribution in [0.15, 0.2) is 5.29 Å². The van der Waals surface area contributed by atoms with Crippen molar-refractivity contribution in [2.24, 2.45) is 22.9 Å². The molecular weight excluding hydrogens is 324 g/mol. The fourth-order valence-corrected chi connectivity index (χ4v) is 6.33. The third-order valence-electron chi connectivity index (χ3n) is 6.83. The molecule has 5 fully saturated rings. The molecule has 5 aliphatic rings. The second-order valence-electron chi connectivity index (χ2n) is 8.70. The lowest BCUT2D eigenvalue weighted by Gasteiger charge is -2.61. The Labute approximate surface area is 146 Å². The van der Waals surface area contributed by atoms with Crippen LogP contribution in [0.2, 0.25) is 0 Å². The van der Waals surface area contributed by atoms with Crippen LogP contribution < -0.4 is 5.73 Å². The zero-order chi connectivity index (χ0) is 17.8. The summed E-state index contributed by atoms with van der Waals surface area (Å²) in [6.45, 7) is 0.351. The predicted molar refractivity (Wildman–Crippen MR) is 88.8 cm³/mol. The molecule has 25 heavy (non-hydrogen) atoms. The molecule has 0 radical (unpaired) electrons. The molecule has 4 bridgehead atoms. The van der Waals surface area contributed by atoms with Gasteiger partial charge in [-0.3, -0.25) is 9.59 Å². The van der Waals surface area contributed by atoms with Crippen LogP contribution in [0.5, 0.6) is 0 Å². The Hall–Kier alpha value is -1.70. The number of rotatable bonds is 5. The second-order valence-corrected chi connectivity index (χ2v) is 8.70. The first-order valence-electron chi connectivity index (χ1n) is 9.26. The molecule has 0 aromatic heterocycles. The summed E-state index contributed by atoms with van der Waals surface area (Å²) < 4.78 is 0. The standard InChI is InChI=1S/C17H26N4O4/c18-15(23)13-2-1-3-20(13)14(22)9-21(19-25)16-5-11-4-12(6-16)8-17(24,7-11)10-16/h11-13,24H,1-10H2,(H2,18,23)/t11?,12?,13-,16?,17?/m0/s1. The van der Waals surface area contributed by atoms with Crippen molar-refractivity contribution in [3.8, 4) is 0 Å². The molecule has 2 amide bonds. The molecule has 0 aromatic rings. The van der Waals surface area contributed by atoms with Crippen molar-refractivity contribution in [2.45, 2.75) is 68.5 Å². The lowest BCUT2D eigenvalue weighted by molar-refractivity contribution is -0.179. The smallest absolute Gasteiger partial charge is 0.244 e. The third kappa shape index (κ3) is 2.70. The first-order valence-corrected chi connectivity index (χ1v) is 9.26. The molecular formula is C17H26N4O4. The number of aliphatic hydroxyl groups is 1. The SMILES string of the molecule is NC(=O)[C@@H]1CCCN1C(=O)CN(N=O)C12CC3CC(CC(O)(C3)C1)C2. The Kier molecular flexibility index (Phi) is 3.79. The van der Waals surface area contributed by atoms with Gasteiger partial charge in [-0.15, -0.1) is 4.91 Å². The zero-order valence-corrected chi connectivity index (χ0v) is 14.4. The van der Waals surface area contributed by atoms with Crippen LogP contribution in [0.3, 0.4) is 0 Å². The van der Waals surface area contributed by atoms with Gasteiger partial charge < -0.3 is 15.7 Å². The van der Waals surface area contributed by atoms with Gasteiger partial charge in [-0.25, -0.2) is 5.01 Å². The molecule has 4 saturated carbocycles. The number of nitrogens with zero attached hydrogens (tertiary/aromatic N) is 3. The van der Waals surface area contributed by atoms with E-state index in [9.17, 15) is 19.6 Å². The minimum atomic E-state index is -0.723. The maximum absolute atomic E-state index is 12.7. The average molecular weight is 350 g/mol. The molecule has 5 rings (SSSR count). The summed E-state index contributed by atoms with van der Waals surface area (Å²) in [7, 11) is 0. The fourth-order valence-electron chi connectivity index (χ4n) is 6.33. The van der Waals surface area contributed by atoms with E-state index in [-0.39, 0.29) is 12.5 Å². The Bertz CT molecular complexity index is 595. The summed E-state index contributed by atoms with van der Waals surface area (Å²) in [5.41, 5.74) is 4.15. The number of likely N-dealkylation sites (tertiary alicyclic amines) is 1. The summed E-state index contributed by atoms with van der Waals surface area (Å²) in [6, 6.07) is -0.582. The van der Waals surface area contributed by atoms with Crippen molar-refractivity contribution in [1.82, 2.24) is 9.91 Å². The van der Waals surface area contributed by atoms with E-state index in [2.05, 4.69) is 5.29 Å². The van der Waals surface area contributed by atoms with Gasteiger partial charge in [0.25, 0.3) is 0 Å². The van der Waals surface area contributed by atoms with Crippen molar-refractivity contribution in [3.63, 3.8) is 0 Å². The van der Waals surface area contributed by atoms with Crippen molar-refractivity contribution >= 4 is 11.8 Å². The number of primary amides is 1. The summed E-state index contributed by atoms with van der Waals surface area (Å²) in [6.07, 6.45) is 6.12. The van der Waals surface area contributed by atoms with Gasteiger partial charge in [-0.1, -0.05) is 0 Å². The average Bonchev–Trinajstić information content (AvgIpc) is 2.99. The van der Waals surface area contributed by atoms with Gasteiger partial charge in [0.1, 0.15) is 12.6 Å². The largest absolute Gasteiger partial charge is 0.390 e. The molecule has 1 heterocycles. The highest BCUT2D eigenvalue weighted by Gasteiger charge is 2.60. The first kappa shape index (κ1) is 16.8. The molecule has 8 heteroatoms. The maximum atomic E-state index is 12.7. The van der Waals surface area contributed by atoms with Crippen LogP contribution in [-0.4, -0.2) is 57.1 Å². The van der Waals surface area contributed by atoms with E-state index in [1.54, 1.807) is 0 Å². The van der Waals surface area contributed by atoms with Crippen molar-refractivity contribution in [1.29, 1.82) is 0 Å². The van der Waals surface area contributed by atoms with Gasteiger partial charge in [-0.05, 0) is 56.8 Å². The summed E-state index contributed by atoms with van der Waals surface area (Å²) in [5, 5.41) is 15.4. The third-order valence-corrected chi connectivity index (χ3v) is 6.83. The van der Waals surface area contributed by atoms with E-state index in [1.165, 1.54) is 9.91 Å². The van der Waals surface area contributed by atoms with E-state index in [1.807, 2.05) is 0 Å². The Morgan fingerprint density at radius 1 is 1.24 bits per heavy atom. The summed E-state index contributed by atoms with van der Waals surface area (Å²) >= 11 is 0. The quantitative estimate of drug-likeness (QED) is 0.554. The topological polar surface area (TPSA) is 116 Å². The zero-order valence-electron chi connectivity index (χ0n) is 14.4. The van der Waals surface area contributed by atoms with Gasteiger partial charge >= 0.3 is 0 Å². The molecule has 3 atom stereocenters. The second kappa shape index (κ2) is 5.65. The minimum absolute atomic E-state index is 0.136. The van der Waals surface area contributed by atoms with Crippen LogP contribution in [0.25, 0.3) is 0 Å². The van der Waals surface area contributed by atoms with Gasteiger partial charge in [0.05, 0.1) is 16.4 Å². The number of amides is 2. The van der Waals surface area contributed by atoms with E-state index in [4.69, 9.17) is 5.73 Å². The van der Waals surface area contributed by atoms with Gasteiger partial charge in [0.15, 0.2) is 0 Å². The molecule has 4 aliphatic carbocycles. The number of nitrogens with two attached hydrogens (primary N) is 1. The lowest BCUT2D eigenvalue weighted by Crippen LogP contribution is -2.65. The normalized spacial score (nSPS) is 41.8. The summed E-state index contributed by atoms with van der Waals surface area (Å²) in [5.74, 6) is 0.0238. The van der Waals surface area contributed by atoms with Crippen molar-refractivity contribution in [2.75, 3.05) is 13.1 Å². The molecule has 1 saturated heterocycles. The Morgan fingerprint density at radius 2 is 1.92 bits per heavy atom. The molecule has 138 valence electrons. The lowest BCUT2D eigenvalue weighted by atomic mass is 9.51. The number of nitroso groups, excluding NO2 is 1. The van der Waals surface area contributed by atoms with Crippen molar-refractivity contribution in [3.05, 3.63) is 4.91 Å². The Balaban J connectivity index is 1.52. The fraction of sp³-hybridized carbons (Fsp3) is 0.882. The van der Waals surface area contributed by atoms with Crippen molar-refractivity contribution < 1.29 is 14.7 Å². The maximum Gasteiger partial charge on any atom is 0.244 e. The highest BCUT2D eigenvalue weighted by Crippen LogP contribution is 2.59. The molecule has 0 spiro atoms. The number of carbonyl (C=O) groups excluding carboxylic acids is 2. The highest BCUT2D eigenvalue weighted by molar-refractivity contribution is 5.88. The first-order chi connectivity index (χ1) is 11.8. The van der Waals surface area contributed by atoms with E-state index in [0.717, 1.165) is 38.5 Å². The van der Waals surface area contributed by atoms with E-state index in [0.29, 0.717) is 31.2 Å². The number of carbonyl (C=O) groups is 2. The van der Waals surface area contributed by atoms with Crippen LogP contribution in [0.1, 0.15) is 51.4 Å². The number of hydrogen-bond acceptors (Lipinski definition) is 5. The van der Waals surface area contributed by atoms with Gasteiger partial charge in [0.2, 0.25) is 11.8 Å². The molecule has 8 nitrogen and oxygen atoms in total. The van der Waals surface area contributed by atoms with Gasteiger partial charge in [-0.2, -0.15) is 0 Å².